The van der Waals surface area contributed by atoms with Gasteiger partial charge < -0.3 is 5.11 Å². The Hall–Kier alpha value is -1.59. The summed E-state index contributed by atoms with van der Waals surface area (Å²) in [4.78, 5) is 24.2. The van der Waals surface area contributed by atoms with E-state index < -0.39 is 17.9 Å². The Labute approximate surface area is 103 Å². The van der Waals surface area contributed by atoms with E-state index in [-0.39, 0.29) is 0 Å². The van der Waals surface area contributed by atoms with Crippen molar-refractivity contribution in [2.24, 2.45) is 0 Å². The van der Waals surface area contributed by atoms with Crippen LogP contribution in [0.2, 0.25) is 0 Å². The van der Waals surface area contributed by atoms with Crippen LogP contribution in [0.3, 0.4) is 0 Å². The minimum atomic E-state index is -0.574. The van der Waals surface area contributed by atoms with Crippen molar-refractivity contribution in [1.29, 1.82) is 0 Å². The molecule has 5 heteroatoms. The van der Waals surface area contributed by atoms with Gasteiger partial charge in [0.15, 0.2) is 0 Å². The van der Waals surface area contributed by atoms with E-state index in [9.17, 15) is 9.59 Å². The molecule has 4 nitrogen and oxygen atoms in total. The zero-order valence-electron chi connectivity index (χ0n) is 9.21. The lowest BCUT2D eigenvalue weighted by Crippen LogP contribution is -2.28. The maximum atomic E-state index is 11.7. The lowest BCUT2D eigenvalue weighted by atomic mass is 10.1. The number of aliphatic hydroxyl groups excluding tert-OH is 1. The number of imide groups is 1. The normalized spacial score (nSPS) is 18.2. The zero-order valence-corrected chi connectivity index (χ0v) is 10.0. The van der Waals surface area contributed by atoms with E-state index in [1.165, 1.54) is 0 Å². The number of rotatable bonds is 2. The molecule has 0 unspecified atom stereocenters. The Morgan fingerprint density at radius 3 is 2.47 bits per heavy atom. The summed E-state index contributed by atoms with van der Waals surface area (Å²) >= 11 is 0.844. The van der Waals surface area contributed by atoms with Gasteiger partial charge in [-0.15, -0.1) is 0 Å². The van der Waals surface area contributed by atoms with Crippen LogP contribution in [0.25, 0.3) is 6.08 Å². The number of aliphatic hydroxyl groups is 1. The van der Waals surface area contributed by atoms with Crippen LogP contribution in [0.1, 0.15) is 11.1 Å². The third-order valence-electron chi connectivity index (χ3n) is 2.39. The van der Waals surface area contributed by atoms with Crippen LogP contribution in [0.5, 0.6) is 0 Å². The molecule has 2 amide bonds. The van der Waals surface area contributed by atoms with Crippen molar-refractivity contribution in [1.82, 2.24) is 4.90 Å². The molecular weight excluding hydrogens is 238 g/mol. The number of carbonyl (C=O) groups is 2. The first-order valence-corrected chi connectivity index (χ1v) is 5.86. The number of amides is 2. The summed E-state index contributed by atoms with van der Waals surface area (Å²) in [6.07, 6.45) is 1.65. The maximum Gasteiger partial charge on any atom is 0.295 e. The van der Waals surface area contributed by atoms with Gasteiger partial charge in [-0.3, -0.25) is 9.59 Å². The zero-order chi connectivity index (χ0) is 12.4. The molecule has 0 bridgehead atoms. The van der Waals surface area contributed by atoms with Gasteiger partial charge >= 0.3 is 0 Å². The Bertz CT molecular complexity index is 493. The van der Waals surface area contributed by atoms with Crippen molar-refractivity contribution in [2.45, 2.75) is 6.92 Å². The van der Waals surface area contributed by atoms with Crippen molar-refractivity contribution in [2.75, 3.05) is 6.73 Å². The molecule has 17 heavy (non-hydrogen) atoms. The van der Waals surface area contributed by atoms with Crippen molar-refractivity contribution in [3.63, 3.8) is 0 Å². The smallest absolute Gasteiger partial charge is 0.295 e. The quantitative estimate of drug-likeness (QED) is 0.814. The molecule has 1 saturated heterocycles. The molecule has 88 valence electrons. The number of nitrogens with zero attached hydrogens (tertiary/aromatic N) is 1. The van der Waals surface area contributed by atoms with Crippen LogP contribution in [-0.2, 0) is 4.79 Å². The van der Waals surface area contributed by atoms with Gasteiger partial charge in [0.05, 0.1) is 4.91 Å². The van der Waals surface area contributed by atoms with Crippen LogP contribution in [0.4, 0.5) is 4.79 Å². The molecule has 0 spiro atoms. The highest BCUT2D eigenvalue weighted by Gasteiger charge is 2.34. The van der Waals surface area contributed by atoms with Crippen LogP contribution in [0, 0.1) is 6.92 Å². The van der Waals surface area contributed by atoms with Gasteiger partial charge in [-0.2, -0.15) is 0 Å². The molecule has 1 aromatic rings. The van der Waals surface area contributed by atoms with Gasteiger partial charge in [-0.1, -0.05) is 29.8 Å². The number of carbonyl (C=O) groups excluding carboxylic acids is 2. The second kappa shape index (κ2) is 4.73. The first kappa shape index (κ1) is 11.9. The summed E-state index contributed by atoms with van der Waals surface area (Å²) in [5.74, 6) is -0.442. The lowest BCUT2D eigenvalue weighted by Gasteiger charge is -2.05. The highest BCUT2D eigenvalue weighted by Crippen LogP contribution is 2.31. The van der Waals surface area contributed by atoms with E-state index in [1.54, 1.807) is 6.08 Å². The molecule has 0 saturated carbocycles. The van der Waals surface area contributed by atoms with Gasteiger partial charge in [0.25, 0.3) is 11.1 Å². The topological polar surface area (TPSA) is 57.6 Å². The van der Waals surface area contributed by atoms with E-state index >= 15 is 0 Å². The van der Waals surface area contributed by atoms with Gasteiger partial charge in [0.1, 0.15) is 6.73 Å². The summed E-state index contributed by atoms with van der Waals surface area (Å²) in [5.41, 5.74) is 1.99. The predicted octanol–water partition coefficient (Wildman–Crippen LogP) is 1.98. The highest BCUT2D eigenvalue weighted by molar-refractivity contribution is 8.18. The molecule has 1 N–H and O–H groups in total. The summed E-state index contributed by atoms with van der Waals surface area (Å²) in [6, 6.07) is 7.62. The average Bonchev–Trinajstić information content (AvgIpc) is 2.57. The molecule has 0 aromatic heterocycles. The first-order valence-electron chi connectivity index (χ1n) is 5.04. The second-order valence-corrected chi connectivity index (χ2v) is 4.66. The fourth-order valence-electron chi connectivity index (χ4n) is 1.44. The van der Waals surface area contributed by atoms with E-state index in [2.05, 4.69) is 0 Å². The van der Waals surface area contributed by atoms with Crippen LogP contribution in [0.15, 0.2) is 29.2 Å². The number of thioether (sulfide) groups is 1. The maximum absolute atomic E-state index is 11.7. The van der Waals surface area contributed by atoms with Crippen LogP contribution in [-0.4, -0.2) is 27.9 Å². The molecule has 1 aliphatic rings. The molecule has 1 fully saturated rings. The third-order valence-corrected chi connectivity index (χ3v) is 3.30. The molecule has 1 aliphatic heterocycles. The van der Waals surface area contributed by atoms with Gasteiger partial charge in [0, 0.05) is 0 Å². The van der Waals surface area contributed by atoms with E-state index in [0.29, 0.717) is 4.91 Å². The van der Waals surface area contributed by atoms with Gasteiger partial charge in [0.2, 0.25) is 0 Å². The van der Waals surface area contributed by atoms with Gasteiger partial charge in [-0.25, -0.2) is 4.90 Å². The summed E-state index contributed by atoms with van der Waals surface area (Å²) in [5, 5.41) is 8.44. The fraction of sp³-hybridized carbons (Fsp3) is 0.167. The molecule has 2 rings (SSSR count). The van der Waals surface area contributed by atoms with E-state index in [1.807, 2.05) is 31.2 Å². The Morgan fingerprint density at radius 2 is 1.94 bits per heavy atom. The standard InChI is InChI=1S/C12H11NO3S/c1-8-2-4-9(5-3-8)6-10-11(15)13(7-14)12(16)17-10/h2-6,14H,7H2,1H3/b10-6+. The highest BCUT2D eigenvalue weighted by atomic mass is 32.2. The largest absolute Gasteiger partial charge is 0.376 e. The Balaban J connectivity index is 2.27. The molecular formula is C12H11NO3S. The minimum Gasteiger partial charge on any atom is -0.376 e. The third kappa shape index (κ3) is 2.40. The monoisotopic (exact) mass is 249 g/mol. The molecule has 0 radical (unpaired) electrons. The average molecular weight is 249 g/mol. The summed E-state index contributed by atoms with van der Waals surface area (Å²) in [7, 11) is 0. The van der Waals surface area contributed by atoms with E-state index in [0.717, 1.165) is 27.8 Å². The molecule has 1 heterocycles. The van der Waals surface area contributed by atoms with E-state index in [4.69, 9.17) is 5.11 Å². The van der Waals surface area contributed by atoms with Crippen molar-refractivity contribution >= 4 is 29.0 Å². The van der Waals surface area contributed by atoms with Crippen molar-refractivity contribution in [3.05, 3.63) is 40.3 Å². The first-order chi connectivity index (χ1) is 8.11. The number of hydrogen-bond donors (Lipinski definition) is 1. The Morgan fingerprint density at radius 1 is 1.29 bits per heavy atom. The SMILES string of the molecule is Cc1ccc(/C=C2/SC(=O)N(CO)C2=O)cc1. The second-order valence-electron chi connectivity index (χ2n) is 3.66. The number of aryl methyl sites for hydroxylation is 1. The van der Waals surface area contributed by atoms with Gasteiger partial charge in [-0.05, 0) is 30.3 Å². The Kier molecular flexibility index (Phi) is 3.31. The number of hydrogen-bond acceptors (Lipinski definition) is 4. The van der Waals surface area contributed by atoms with Crippen molar-refractivity contribution in [3.8, 4) is 0 Å². The fourth-order valence-corrected chi connectivity index (χ4v) is 2.27. The number of benzene rings is 1. The van der Waals surface area contributed by atoms with Crippen molar-refractivity contribution < 1.29 is 14.7 Å². The minimum absolute atomic E-state index is 0.341. The molecule has 0 aliphatic carbocycles. The summed E-state index contributed by atoms with van der Waals surface area (Å²) < 4.78 is 0. The lowest BCUT2D eigenvalue weighted by molar-refractivity contribution is -0.125. The molecule has 0 atom stereocenters. The molecule has 1 aromatic carbocycles. The predicted molar refractivity (Wildman–Crippen MR) is 66.1 cm³/mol. The van der Waals surface area contributed by atoms with Crippen LogP contribution < -0.4 is 0 Å². The van der Waals surface area contributed by atoms with Crippen LogP contribution >= 0.6 is 11.8 Å². The summed E-state index contributed by atoms with van der Waals surface area (Å²) in [6.45, 7) is 1.40.